The molecule has 0 fully saturated rings. The highest BCUT2D eigenvalue weighted by Crippen LogP contribution is 2.20. The second kappa shape index (κ2) is 1.59. The Morgan fingerprint density at radius 3 is 2.25 bits per heavy atom. The maximum absolute atomic E-state index is 8.61. The molecule has 1 aromatic heterocycles. The van der Waals surface area contributed by atoms with Gasteiger partial charge in [-0.2, -0.15) is 0 Å². The molecule has 4 heteroatoms. The lowest BCUT2D eigenvalue weighted by molar-refractivity contribution is 0.447. The van der Waals surface area contributed by atoms with Crippen LogP contribution in [0.25, 0.3) is 0 Å². The number of nitrogens with zero attached hydrogens (tertiary/aromatic N) is 1. The monoisotopic (exact) mass is 133 g/mol. The molecule has 1 heterocycles. The second-order valence-corrected chi connectivity index (χ2v) is 1.73. The van der Waals surface area contributed by atoms with Crippen molar-refractivity contribution in [2.75, 3.05) is 0 Å². The molecule has 0 spiro atoms. The Bertz CT molecular complexity index is 176. The van der Waals surface area contributed by atoms with E-state index in [1.54, 1.807) is 0 Å². The van der Waals surface area contributed by atoms with Crippen molar-refractivity contribution < 1.29 is 10.2 Å². The topological polar surface area (TPSA) is 45.4 Å². The molecule has 0 radical (unpaired) electrons. The Balaban J connectivity index is 3.14. The second-order valence-electron chi connectivity index (χ2n) is 1.37. The van der Waals surface area contributed by atoms with Gasteiger partial charge in [-0.25, -0.2) is 4.09 Å². The fourth-order valence-electron chi connectivity index (χ4n) is 0.413. The third-order valence-electron chi connectivity index (χ3n) is 0.741. The average molecular weight is 134 g/mol. The number of aromatic nitrogens is 1. The van der Waals surface area contributed by atoms with E-state index in [1.807, 2.05) is 0 Å². The molecule has 0 aromatic carbocycles. The number of hydrogen-bond donors (Lipinski definition) is 2. The molecule has 1 rings (SSSR count). The smallest absolute Gasteiger partial charge is 0.209 e. The quantitative estimate of drug-likeness (QED) is 0.552. The molecule has 0 saturated carbocycles. The molecule has 0 aliphatic carbocycles. The molecule has 44 valence electrons. The van der Waals surface area contributed by atoms with Crippen LogP contribution in [-0.4, -0.2) is 14.3 Å². The molecular weight excluding hydrogens is 130 g/mol. The van der Waals surface area contributed by atoms with E-state index in [0.29, 0.717) is 0 Å². The molecule has 0 unspecified atom stereocenters. The normalized spacial score (nSPS) is 9.62. The predicted molar refractivity (Wildman–Crippen MR) is 29.0 cm³/mol. The summed E-state index contributed by atoms with van der Waals surface area (Å²) < 4.78 is 0.898. The van der Waals surface area contributed by atoms with Crippen molar-refractivity contribution in [2.45, 2.75) is 0 Å². The van der Waals surface area contributed by atoms with E-state index in [4.69, 9.17) is 22.0 Å². The predicted octanol–water partition coefficient (Wildman–Crippen LogP) is 0.901. The van der Waals surface area contributed by atoms with Gasteiger partial charge in [-0.05, 0) is 0 Å². The standard InChI is InChI=1S/C4H4ClNO2/c5-6-2-3(7)1-4(6)8/h1-2,7-8H. The summed E-state index contributed by atoms with van der Waals surface area (Å²) in [5.74, 6) is -0.207. The Kier molecular flexibility index (Phi) is 1.06. The van der Waals surface area contributed by atoms with Gasteiger partial charge in [0.1, 0.15) is 5.75 Å². The molecular formula is C4H4ClNO2. The van der Waals surface area contributed by atoms with Crippen LogP contribution in [0.3, 0.4) is 0 Å². The third-order valence-corrected chi connectivity index (χ3v) is 1.01. The zero-order valence-electron chi connectivity index (χ0n) is 3.87. The first kappa shape index (κ1) is 5.31. The fraction of sp³-hybridized carbons (Fsp3) is 0. The first-order chi connectivity index (χ1) is 3.70. The first-order valence-electron chi connectivity index (χ1n) is 1.96. The van der Waals surface area contributed by atoms with Crippen LogP contribution in [0.15, 0.2) is 12.3 Å². The Morgan fingerprint density at radius 1 is 1.50 bits per heavy atom. The van der Waals surface area contributed by atoms with E-state index in [9.17, 15) is 0 Å². The molecule has 0 bridgehead atoms. The number of aromatic hydroxyl groups is 2. The van der Waals surface area contributed by atoms with Crippen LogP contribution in [0.4, 0.5) is 0 Å². The summed E-state index contributed by atoms with van der Waals surface area (Å²) in [5.41, 5.74) is 0. The van der Waals surface area contributed by atoms with E-state index in [0.717, 1.165) is 10.2 Å². The van der Waals surface area contributed by atoms with E-state index in [-0.39, 0.29) is 11.6 Å². The molecule has 0 atom stereocenters. The summed E-state index contributed by atoms with van der Waals surface area (Å²) in [6.45, 7) is 0. The first-order valence-corrected chi connectivity index (χ1v) is 2.30. The van der Waals surface area contributed by atoms with Crippen molar-refractivity contribution in [3.05, 3.63) is 12.3 Å². The van der Waals surface area contributed by atoms with Crippen molar-refractivity contribution >= 4 is 11.8 Å². The van der Waals surface area contributed by atoms with E-state index in [1.165, 1.54) is 6.20 Å². The van der Waals surface area contributed by atoms with E-state index < -0.39 is 0 Å². The zero-order chi connectivity index (χ0) is 6.15. The highest BCUT2D eigenvalue weighted by Gasteiger charge is 1.97. The van der Waals surface area contributed by atoms with Gasteiger partial charge >= 0.3 is 0 Å². The third kappa shape index (κ3) is 0.721. The average Bonchev–Trinajstić information content (AvgIpc) is 1.85. The van der Waals surface area contributed by atoms with Gasteiger partial charge in [-0.15, -0.1) is 0 Å². The zero-order valence-corrected chi connectivity index (χ0v) is 4.63. The van der Waals surface area contributed by atoms with Crippen LogP contribution in [0.1, 0.15) is 0 Å². The SMILES string of the molecule is Oc1cc(O)n(Cl)c1. The highest BCUT2D eigenvalue weighted by atomic mass is 35.5. The summed E-state index contributed by atoms with van der Waals surface area (Å²) in [5, 5.41) is 17.2. The van der Waals surface area contributed by atoms with Gasteiger partial charge in [-0.1, -0.05) is 0 Å². The summed E-state index contributed by atoms with van der Waals surface area (Å²) >= 11 is 5.24. The molecule has 0 aliphatic rings. The lowest BCUT2D eigenvalue weighted by Gasteiger charge is -1.83. The van der Waals surface area contributed by atoms with Crippen molar-refractivity contribution in [1.29, 1.82) is 0 Å². The van der Waals surface area contributed by atoms with E-state index in [2.05, 4.69) is 0 Å². The minimum atomic E-state index is -0.163. The largest absolute Gasteiger partial charge is 0.506 e. The van der Waals surface area contributed by atoms with Crippen molar-refractivity contribution in [2.24, 2.45) is 0 Å². The van der Waals surface area contributed by atoms with Crippen molar-refractivity contribution in [3.63, 3.8) is 0 Å². The lowest BCUT2D eigenvalue weighted by Crippen LogP contribution is -1.69. The van der Waals surface area contributed by atoms with Gasteiger partial charge in [0.05, 0.1) is 6.20 Å². The number of halogens is 1. The van der Waals surface area contributed by atoms with Gasteiger partial charge in [-0.3, -0.25) is 0 Å². The van der Waals surface area contributed by atoms with E-state index >= 15 is 0 Å². The minimum Gasteiger partial charge on any atom is -0.506 e. The lowest BCUT2D eigenvalue weighted by atomic mass is 10.6. The Morgan fingerprint density at radius 2 is 2.12 bits per heavy atom. The minimum absolute atomic E-state index is 0.0440. The summed E-state index contributed by atoms with van der Waals surface area (Å²) in [6.07, 6.45) is 1.19. The van der Waals surface area contributed by atoms with Gasteiger partial charge in [0.15, 0.2) is 0 Å². The molecule has 8 heavy (non-hydrogen) atoms. The van der Waals surface area contributed by atoms with Crippen molar-refractivity contribution in [1.82, 2.24) is 4.09 Å². The highest BCUT2D eigenvalue weighted by molar-refractivity contribution is 6.16. The maximum atomic E-state index is 8.61. The van der Waals surface area contributed by atoms with Gasteiger partial charge in [0, 0.05) is 17.8 Å². The Labute approximate surface area is 50.9 Å². The van der Waals surface area contributed by atoms with Crippen LogP contribution in [-0.2, 0) is 0 Å². The van der Waals surface area contributed by atoms with Crippen LogP contribution >= 0.6 is 11.8 Å². The summed E-state index contributed by atoms with van der Waals surface area (Å²) in [6, 6.07) is 1.15. The molecule has 1 aromatic rings. The van der Waals surface area contributed by atoms with Gasteiger partial charge in [0.25, 0.3) is 0 Å². The molecule has 3 nitrogen and oxygen atoms in total. The van der Waals surface area contributed by atoms with Gasteiger partial charge < -0.3 is 10.2 Å². The Hall–Kier alpha value is -0.830. The molecule has 0 aliphatic heterocycles. The molecule has 2 N–H and O–H groups in total. The summed E-state index contributed by atoms with van der Waals surface area (Å²) in [7, 11) is 0. The van der Waals surface area contributed by atoms with Crippen LogP contribution in [0, 0.1) is 0 Å². The maximum Gasteiger partial charge on any atom is 0.209 e. The summed E-state index contributed by atoms with van der Waals surface area (Å²) in [4.78, 5) is 0. The van der Waals surface area contributed by atoms with Crippen LogP contribution < -0.4 is 0 Å². The number of hydrogen-bond acceptors (Lipinski definition) is 2. The van der Waals surface area contributed by atoms with Gasteiger partial charge in [0.2, 0.25) is 5.88 Å². The van der Waals surface area contributed by atoms with Crippen LogP contribution in [0.2, 0.25) is 0 Å². The molecule has 0 amide bonds. The van der Waals surface area contributed by atoms with Crippen LogP contribution in [0.5, 0.6) is 11.6 Å². The van der Waals surface area contributed by atoms with Crippen molar-refractivity contribution in [3.8, 4) is 11.6 Å². The fourth-order valence-corrected chi connectivity index (χ4v) is 0.562. The molecule has 0 saturated heterocycles. The number of rotatable bonds is 0.